The Kier molecular flexibility index (Phi) is 6.03. The van der Waals surface area contributed by atoms with Crippen molar-refractivity contribution in [1.29, 1.82) is 0 Å². The number of hydrogen-bond donors (Lipinski definition) is 2. The van der Waals surface area contributed by atoms with Crippen molar-refractivity contribution in [1.82, 2.24) is 5.32 Å². The molecular weight excluding hydrogens is 434 g/mol. The molecule has 28 heavy (non-hydrogen) atoms. The Labute approximate surface area is 168 Å². The summed E-state index contributed by atoms with van der Waals surface area (Å²) in [6.07, 6.45) is 0.555. The lowest BCUT2D eigenvalue weighted by atomic mass is 10.1. The van der Waals surface area contributed by atoms with Gasteiger partial charge >= 0.3 is 0 Å². The van der Waals surface area contributed by atoms with Gasteiger partial charge in [0.2, 0.25) is 5.91 Å². The highest BCUT2D eigenvalue weighted by atomic mass is 79.9. The zero-order valence-electron chi connectivity index (χ0n) is 14.7. The van der Waals surface area contributed by atoms with Crippen molar-refractivity contribution in [3.05, 3.63) is 64.1 Å². The molecule has 2 amide bonds. The molecular formula is C19H17BrF2N4O2. The summed E-state index contributed by atoms with van der Waals surface area (Å²) in [6.45, 7) is 0.313. The molecule has 1 aliphatic rings. The largest absolute Gasteiger partial charge is 0.368 e. The average molecular weight is 451 g/mol. The van der Waals surface area contributed by atoms with Gasteiger partial charge in [0.15, 0.2) is 0 Å². The van der Waals surface area contributed by atoms with Crippen LogP contribution in [0.3, 0.4) is 0 Å². The molecule has 2 aromatic carbocycles. The number of rotatable bonds is 6. The lowest BCUT2D eigenvalue weighted by Crippen LogP contribution is -2.40. The van der Waals surface area contributed by atoms with Crippen molar-refractivity contribution in [2.45, 2.75) is 18.9 Å². The van der Waals surface area contributed by atoms with Crippen LogP contribution in [0.5, 0.6) is 0 Å². The third-order valence-electron chi connectivity index (χ3n) is 4.28. The van der Waals surface area contributed by atoms with Crippen molar-refractivity contribution in [3.63, 3.8) is 0 Å². The van der Waals surface area contributed by atoms with E-state index in [1.54, 1.807) is 12.1 Å². The summed E-state index contributed by atoms with van der Waals surface area (Å²) in [4.78, 5) is 24.2. The fraction of sp³-hybridized carbons (Fsp3) is 0.211. The molecule has 0 spiro atoms. The number of primary amides is 1. The summed E-state index contributed by atoms with van der Waals surface area (Å²) in [5.41, 5.74) is 6.90. The first-order valence-electron chi connectivity index (χ1n) is 8.49. The standard InChI is InChI=1S/C19H17BrF2N4O2/c20-14-9-11(1-6-15(14)22)7-8-24-19(28)16-10-17(18(23)27)26(25-16)13-4-2-12(21)3-5-13/h1-6,9,17H,7-8,10H2,(H2,23,27)(H,24,28). The smallest absolute Gasteiger partial charge is 0.267 e. The Morgan fingerprint density at radius 3 is 2.57 bits per heavy atom. The molecule has 0 radical (unpaired) electrons. The Balaban J connectivity index is 1.65. The molecule has 6 nitrogen and oxygen atoms in total. The number of halogens is 3. The summed E-state index contributed by atoms with van der Waals surface area (Å²) in [7, 11) is 0. The Morgan fingerprint density at radius 2 is 1.93 bits per heavy atom. The Morgan fingerprint density at radius 1 is 1.21 bits per heavy atom. The number of carbonyl (C=O) groups is 2. The third-order valence-corrected chi connectivity index (χ3v) is 4.88. The number of hydrazone groups is 1. The van der Waals surface area contributed by atoms with Crippen LogP contribution in [0.4, 0.5) is 14.5 Å². The summed E-state index contributed by atoms with van der Waals surface area (Å²) >= 11 is 3.12. The lowest BCUT2D eigenvalue weighted by molar-refractivity contribution is -0.119. The number of nitrogens with zero attached hydrogens (tertiary/aromatic N) is 2. The van der Waals surface area contributed by atoms with Crippen molar-refractivity contribution < 1.29 is 18.4 Å². The van der Waals surface area contributed by atoms with Crippen LogP contribution < -0.4 is 16.1 Å². The Bertz CT molecular complexity index is 934. The van der Waals surface area contributed by atoms with E-state index in [9.17, 15) is 18.4 Å². The van der Waals surface area contributed by atoms with Gasteiger partial charge in [0.1, 0.15) is 23.4 Å². The second kappa shape index (κ2) is 8.47. The van der Waals surface area contributed by atoms with Crippen LogP contribution in [0.25, 0.3) is 0 Å². The molecule has 0 fully saturated rings. The van der Waals surface area contributed by atoms with E-state index in [0.717, 1.165) is 5.56 Å². The van der Waals surface area contributed by atoms with Gasteiger partial charge < -0.3 is 11.1 Å². The number of nitrogens with two attached hydrogens (primary N) is 1. The van der Waals surface area contributed by atoms with E-state index >= 15 is 0 Å². The molecule has 0 aliphatic carbocycles. The van der Waals surface area contributed by atoms with Crippen LogP contribution in [0.15, 0.2) is 52.0 Å². The van der Waals surface area contributed by atoms with Crippen LogP contribution in [0.2, 0.25) is 0 Å². The van der Waals surface area contributed by atoms with Crippen molar-refractivity contribution in [3.8, 4) is 0 Å². The predicted molar refractivity (Wildman–Crippen MR) is 105 cm³/mol. The first kappa shape index (κ1) is 19.9. The van der Waals surface area contributed by atoms with Gasteiger partial charge in [-0.25, -0.2) is 8.78 Å². The summed E-state index contributed by atoms with van der Waals surface area (Å²) in [6, 6.07) is 9.21. The molecule has 146 valence electrons. The predicted octanol–water partition coefficient (Wildman–Crippen LogP) is 2.51. The minimum atomic E-state index is -0.820. The molecule has 3 rings (SSSR count). The monoisotopic (exact) mass is 450 g/mol. The number of carbonyl (C=O) groups excluding carboxylic acids is 2. The summed E-state index contributed by atoms with van der Waals surface area (Å²) in [5.74, 6) is -1.83. The topological polar surface area (TPSA) is 87.8 Å². The van der Waals surface area contributed by atoms with Crippen LogP contribution in [0, 0.1) is 11.6 Å². The van der Waals surface area contributed by atoms with Gasteiger partial charge in [0, 0.05) is 13.0 Å². The van der Waals surface area contributed by atoms with Gasteiger partial charge in [0.05, 0.1) is 10.2 Å². The molecule has 1 heterocycles. The minimum absolute atomic E-state index is 0.0562. The minimum Gasteiger partial charge on any atom is -0.368 e. The number of amides is 2. The van der Waals surface area contributed by atoms with E-state index in [2.05, 4.69) is 26.3 Å². The Hall–Kier alpha value is -2.81. The molecule has 0 aromatic heterocycles. The highest BCUT2D eigenvalue weighted by Gasteiger charge is 2.34. The average Bonchev–Trinajstić information content (AvgIpc) is 3.11. The van der Waals surface area contributed by atoms with Gasteiger partial charge in [-0.05, 0) is 64.3 Å². The maximum atomic E-state index is 13.3. The van der Waals surface area contributed by atoms with Gasteiger partial charge in [-0.1, -0.05) is 6.07 Å². The van der Waals surface area contributed by atoms with E-state index in [4.69, 9.17) is 5.73 Å². The van der Waals surface area contributed by atoms with Crippen molar-refractivity contribution in [2.24, 2.45) is 10.8 Å². The van der Waals surface area contributed by atoms with E-state index in [-0.39, 0.29) is 17.9 Å². The number of anilines is 1. The van der Waals surface area contributed by atoms with Gasteiger partial charge in [-0.2, -0.15) is 5.10 Å². The fourth-order valence-electron chi connectivity index (χ4n) is 2.82. The number of nitrogens with one attached hydrogen (secondary N) is 1. The van der Waals surface area contributed by atoms with E-state index in [1.165, 1.54) is 35.3 Å². The molecule has 2 aromatic rings. The highest BCUT2D eigenvalue weighted by Crippen LogP contribution is 2.25. The zero-order valence-corrected chi connectivity index (χ0v) is 16.2. The van der Waals surface area contributed by atoms with E-state index in [1.807, 2.05) is 0 Å². The SMILES string of the molecule is NC(=O)C1CC(C(=O)NCCc2ccc(F)c(Br)c2)=NN1c1ccc(F)cc1. The molecule has 3 N–H and O–H groups in total. The number of hydrogen-bond acceptors (Lipinski definition) is 4. The molecule has 0 saturated heterocycles. The van der Waals surface area contributed by atoms with Gasteiger partial charge in [-0.3, -0.25) is 14.6 Å². The van der Waals surface area contributed by atoms with Crippen LogP contribution >= 0.6 is 15.9 Å². The van der Waals surface area contributed by atoms with E-state index < -0.39 is 23.7 Å². The van der Waals surface area contributed by atoms with Gasteiger partial charge in [0.25, 0.3) is 5.91 Å². The van der Waals surface area contributed by atoms with Crippen molar-refractivity contribution in [2.75, 3.05) is 11.6 Å². The van der Waals surface area contributed by atoms with Crippen LogP contribution in [0.1, 0.15) is 12.0 Å². The highest BCUT2D eigenvalue weighted by molar-refractivity contribution is 9.10. The summed E-state index contributed by atoms with van der Waals surface area (Å²) < 4.78 is 26.7. The first-order valence-corrected chi connectivity index (χ1v) is 9.28. The maximum absolute atomic E-state index is 13.3. The second-order valence-corrected chi connectivity index (χ2v) is 7.10. The molecule has 0 bridgehead atoms. The maximum Gasteiger partial charge on any atom is 0.267 e. The first-order chi connectivity index (χ1) is 13.3. The van der Waals surface area contributed by atoms with Crippen molar-refractivity contribution >= 4 is 39.1 Å². The van der Waals surface area contributed by atoms with Gasteiger partial charge in [-0.15, -0.1) is 0 Å². The molecule has 9 heteroatoms. The number of benzene rings is 2. The summed E-state index contributed by atoms with van der Waals surface area (Å²) in [5, 5.41) is 8.26. The van der Waals surface area contributed by atoms with E-state index in [0.29, 0.717) is 23.1 Å². The zero-order chi connectivity index (χ0) is 20.3. The molecule has 0 saturated carbocycles. The quantitative estimate of drug-likeness (QED) is 0.708. The van der Waals surface area contributed by atoms with Crippen LogP contribution in [-0.4, -0.2) is 30.1 Å². The van der Waals surface area contributed by atoms with Crippen LogP contribution in [-0.2, 0) is 16.0 Å². The molecule has 1 unspecified atom stereocenters. The molecule has 1 aliphatic heterocycles. The fourth-order valence-corrected chi connectivity index (χ4v) is 3.24. The lowest BCUT2D eigenvalue weighted by Gasteiger charge is -2.20. The normalized spacial score (nSPS) is 16.0. The second-order valence-electron chi connectivity index (χ2n) is 6.24. The molecule has 1 atom stereocenters. The third kappa shape index (κ3) is 4.53.